The van der Waals surface area contributed by atoms with Gasteiger partial charge in [-0.3, -0.25) is 0 Å². The van der Waals surface area contributed by atoms with E-state index in [1.807, 2.05) is 18.2 Å². The van der Waals surface area contributed by atoms with Gasteiger partial charge in [-0.15, -0.1) is 10.2 Å². The van der Waals surface area contributed by atoms with E-state index in [2.05, 4.69) is 29.8 Å². The summed E-state index contributed by atoms with van der Waals surface area (Å²) in [5, 5.41) is 13.1. The summed E-state index contributed by atoms with van der Waals surface area (Å²) in [6.07, 6.45) is 0.326. The van der Waals surface area contributed by atoms with Crippen LogP contribution < -0.4 is 30.4 Å². The monoisotopic (exact) mass is 746 g/mol. The highest BCUT2D eigenvalue weighted by Gasteiger charge is 2.34. The van der Waals surface area contributed by atoms with E-state index in [1.54, 1.807) is 67.3 Å². The maximum absolute atomic E-state index is 14.6. The fourth-order valence-corrected chi connectivity index (χ4v) is 8.75. The molecule has 18 heteroatoms. The minimum atomic E-state index is -4.65. The van der Waals surface area contributed by atoms with Crippen LogP contribution in [-0.4, -0.2) is 73.9 Å². The van der Waals surface area contributed by atoms with Gasteiger partial charge in [0, 0.05) is 25.7 Å². The summed E-state index contributed by atoms with van der Waals surface area (Å²) in [6, 6.07) is 22.1. The second-order valence-corrected chi connectivity index (χ2v) is 15.2. The van der Waals surface area contributed by atoms with Crippen molar-refractivity contribution in [2.24, 2.45) is 12.8 Å². The molecule has 0 fully saturated rings. The number of aromatic nitrogens is 6. The van der Waals surface area contributed by atoms with Crippen LogP contribution in [0.5, 0.6) is 11.5 Å². The number of aryl methyl sites for hydroxylation is 1. The summed E-state index contributed by atoms with van der Waals surface area (Å²) in [5.74, 6) is 1.35. The van der Waals surface area contributed by atoms with Crippen molar-refractivity contribution < 1.29 is 26.3 Å². The van der Waals surface area contributed by atoms with Crippen molar-refractivity contribution >= 4 is 37.0 Å². The number of benzene rings is 4. The van der Waals surface area contributed by atoms with Gasteiger partial charge in [0.25, 0.3) is 0 Å². The van der Waals surface area contributed by atoms with E-state index in [0.717, 1.165) is 5.56 Å². The Labute approximate surface area is 300 Å². The quantitative estimate of drug-likeness (QED) is 0.111. The third-order valence-electron chi connectivity index (χ3n) is 8.37. The molecule has 0 aliphatic heterocycles. The average Bonchev–Trinajstić information content (AvgIpc) is 3.73. The van der Waals surface area contributed by atoms with Gasteiger partial charge < -0.3 is 25.5 Å². The maximum atomic E-state index is 14.6. The average molecular weight is 747 g/mol. The summed E-state index contributed by atoms with van der Waals surface area (Å²) in [6.45, 7) is 0.215. The lowest BCUT2D eigenvalue weighted by atomic mass is 9.98. The lowest BCUT2D eigenvalue weighted by Crippen LogP contribution is -2.31. The molecule has 4 aromatic carbocycles. The van der Waals surface area contributed by atoms with Crippen LogP contribution in [0.25, 0.3) is 33.5 Å². The molecule has 0 radical (unpaired) electrons. The first-order chi connectivity index (χ1) is 25.0. The van der Waals surface area contributed by atoms with Gasteiger partial charge in [-0.2, -0.15) is 4.80 Å². The molecule has 0 saturated carbocycles. The Morgan fingerprint density at radius 2 is 1.48 bits per heavy atom. The summed E-state index contributed by atoms with van der Waals surface area (Å²) in [4.78, 5) is 4.77. The second-order valence-electron chi connectivity index (χ2n) is 11.7. The van der Waals surface area contributed by atoms with Crippen LogP contribution >= 0.6 is 0 Å². The number of nitrogens with two attached hydrogens (primary N) is 2. The highest BCUT2D eigenvalue weighted by Crippen LogP contribution is 2.41. The number of ether oxygens (including phenoxy) is 2. The Kier molecular flexibility index (Phi) is 10.5. The molecule has 2 heterocycles. The van der Waals surface area contributed by atoms with Gasteiger partial charge in [-0.25, -0.2) is 31.3 Å². The molecule has 0 aliphatic rings. The highest BCUT2D eigenvalue weighted by atomic mass is 32.2. The molecule has 52 heavy (non-hydrogen) atoms. The molecule has 2 aromatic heterocycles. The van der Waals surface area contributed by atoms with Crippen LogP contribution in [0.15, 0.2) is 88.7 Å². The number of rotatable bonds is 15. The fraction of sp³-hybridized carbons (Fsp3) is 0.235. The number of para-hydroxylation sites is 1. The van der Waals surface area contributed by atoms with Crippen LogP contribution in [0.2, 0.25) is 0 Å². The third-order valence-corrected chi connectivity index (χ3v) is 11.5. The predicted molar refractivity (Wildman–Crippen MR) is 195 cm³/mol. The van der Waals surface area contributed by atoms with Crippen molar-refractivity contribution in [1.82, 2.24) is 39.2 Å². The van der Waals surface area contributed by atoms with Crippen LogP contribution in [-0.2, 0) is 40.2 Å². The molecule has 16 nitrogen and oxygen atoms in total. The first kappa shape index (κ1) is 36.4. The maximum Gasteiger partial charge on any atom is 0.242 e. The number of anilines is 1. The van der Waals surface area contributed by atoms with Crippen molar-refractivity contribution in [3.05, 3.63) is 90.0 Å². The highest BCUT2D eigenvalue weighted by molar-refractivity contribution is 7.92. The molecular formula is C34H38N10O6S2. The normalized spacial score (nSPS) is 12.0. The molecule has 0 saturated heterocycles. The smallest absolute Gasteiger partial charge is 0.242 e. The van der Waals surface area contributed by atoms with Crippen LogP contribution in [0.1, 0.15) is 17.5 Å². The number of nitrogen functional groups attached to an aromatic ring is 1. The van der Waals surface area contributed by atoms with Gasteiger partial charge in [0.15, 0.2) is 0 Å². The summed E-state index contributed by atoms with van der Waals surface area (Å²) < 4.78 is 74.3. The number of sulfonamides is 2. The molecule has 272 valence electrons. The number of imidazole rings is 1. The number of methoxy groups -OCH3 is 2. The summed E-state index contributed by atoms with van der Waals surface area (Å²) in [7, 11) is -4.24. The number of hydrogen-bond donors (Lipinski definition) is 4. The van der Waals surface area contributed by atoms with Crippen LogP contribution in [0.3, 0.4) is 0 Å². The molecule has 0 unspecified atom stereocenters. The van der Waals surface area contributed by atoms with Gasteiger partial charge >= 0.3 is 0 Å². The summed E-state index contributed by atoms with van der Waals surface area (Å²) in [5.41, 5.74) is 15.0. The standard InChI is InChI=1S/C34H38N10O6S2/c1-43-28-7-4-6-27(31(28)39-34(43)36)26-16-17-29(51(45,46)37-19-5-18-35)32(52(47,48)38-20-22-8-12-24(49-2)13-9-22)30(26)33-40-42-44(41-33)21-23-10-14-25(50-3)15-11-23/h4,6-17,37-38H,5,18-21,35H2,1-3H3,(H2,36,39). The fourth-order valence-electron chi connectivity index (χ4n) is 5.62. The topological polar surface area (TPSA) is 224 Å². The van der Waals surface area contributed by atoms with Gasteiger partial charge in [-0.1, -0.05) is 42.5 Å². The van der Waals surface area contributed by atoms with Crippen molar-refractivity contribution in [3.8, 4) is 34.0 Å². The zero-order valence-electron chi connectivity index (χ0n) is 28.6. The van der Waals surface area contributed by atoms with E-state index in [4.69, 9.17) is 20.9 Å². The van der Waals surface area contributed by atoms with Gasteiger partial charge in [0.1, 0.15) is 21.3 Å². The van der Waals surface area contributed by atoms with Gasteiger partial charge in [0.05, 0.1) is 37.4 Å². The molecule has 0 atom stereocenters. The molecular weight excluding hydrogens is 709 g/mol. The van der Waals surface area contributed by atoms with Gasteiger partial charge in [-0.05, 0) is 71.3 Å². The van der Waals surface area contributed by atoms with Crippen molar-refractivity contribution in [2.45, 2.75) is 29.3 Å². The molecule has 0 bridgehead atoms. The van der Waals surface area contributed by atoms with E-state index in [9.17, 15) is 16.8 Å². The van der Waals surface area contributed by atoms with E-state index >= 15 is 0 Å². The van der Waals surface area contributed by atoms with E-state index in [0.29, 0.717) is 45.6 Å². The van der Waals surface area contributed by atoms with E-state index < -0.39 is 29.8 Å². The number of hydrogen-bond acceptors (Lipinski definition) is 12. The Balaban J connectivity index is 1.58. The van der Waals surface area contributed by atoms with E-state index in [-0.39, 0.29) is 43.5 Å². The zero-order valence-corrected chi connectivity index (χ0v) is 30.3. The number of nitrogens with zero attached hydrogens (tertiary/aromatic N) is 6. The first-order valence-corrected chi connectivity index (χ1v) is 19.0. The molecule has 0 spiro atoms. The largest absolute Gasteiger partial charge is 0.497 e. The van der Waals surface area contributed by atoms with Crippen molar-refractivity contribution in [3.63, 3.8) is 0 Å². The van der Waals surface area contributed by atoms with Crippen molar-refractivity contribution in [1.29, 1.82) is 0 Å². The van der Waals surface area contributed by atoms with Gasteiger partial charge in [0.2, 0.25) is 31.8 Å². The molecule has 0 aliphatic carbocycles. The van der Waals surface area contributed by atoms with Crippen LogP contribution in [0.4, 0.5) is 5.95 Å². The third kappa shape index (κ3) is 7.46. The second kappa shape index (κ2) is 15.1. The van der Waals surface area contributed by atoms with Crippen molar-refractivity contribution in [2.75, 3.05) is 33.0 Å². The first-order valence-electron chi connectivity index (χ1n) is 16.1. The zero-order chi connectivity index (χ0) is 37.0. The number of tetrazole rings is 1. The Hall–Kier alpha value is -5.40. The SMILES string of the molecule is COc1ccc(CNS(=O)(=O)c2c(S(=O)(=O)NCCCN)ccc(-c3cccc4c3nc(N)n4C)c2-c2nnn(Cc3ccc(OC)cc3)n2)cc1. The predicted octanol–water partition coefficient (Wildman–Crippen LogP) is 2.65. The molecule has 6 aromatic rings. The number of fused-ring (bicyclic) bond motifs is 1. The minimum absolute atomic E-state index is 0.0164. The lowest BCUT2D eigenvalue weighted by molar-refractivity contribution is 0.414. The Morgan fingerprint density at radius 3 is 2.13 bits per heavy atom. The molecule has 6 rings (SSSR count). The van der Waals surface area contributed by atoms with Crippen LogP contribution in [0, 0.1) is 0 Å². The number of nitrogens with one attached hydrogen (secondary N) is 2. The molecule has 0 amide bonds. The minimum Gasteiger partial charge on any atom is -0.497 e. The summed E-state index contributed by atoms with van der Waals surface area (Å²) >= 11 is 0. The Bertz CT molecular complexity index is 2430. The Morgan fingerprint density at radius 1 is 0.808 bits per heavy atom. The lowest BCUT2D eigenvalue weighted by Gasteiger charge is -2.19. The molecule has 6 N–H and O–H groups in total. The van der Waals surface area contributed by atoms with E-state index in [1.165, 1.54) is 24.0 Å².